The van der Waals surface area contributed by atoms with E-state index in [1.807, 2.05) is 48.5 Å². The minimum absolute atomic E-state index is 0. The van der Waals surface area contributed by atoms with E-state index in [0.717, 1.165) is 92.3 Å². The van der Waals surface area contributed by atoms with E-state index in [-0.39, 0.29) is 62.2 Å². The fraction of sp³-hybridized carbons (Fsp3) is 0.280. The molecule has 0 saturated heterocycles. The van der Waals surface area contributed by atoms with E-state index in [4.69, 9.17) is 9.97 Å². The number of carboxylic acid groups (broad SMARTS) is 2. The molecule has 2 fully saturated rings. The summed E-state index contributed by atoms with van der Waals surface area (Å²) < 4.78 is 27.1. The molecule has 2 aliphatic carbocycles. The number of hydrogen-bond acceptors (Lipinski definition) is 10. The van der Waals surface area contributed by atoms with Crippen LogP contribution in [0.3, 0.4) is 0 Å². The summed E-state index contributed by atoms with van der Waals surface area (Å²) in [5, 5.41) is 63.3. The Labute approximate surface area is 393 Å². The van der Waals surface area contributed by atoms with Crippen molar-refractivity contribution in [3.05, 3.63) is 143 Å². The second kappa shape index (κ2) is 21.6. The fourth-order valence-electron chi connectivity index (χ4n) is 7.70. The first kappa shape index (κ1) is 47.6. The van der Waals surface area contributed by atoms with Gasteiger partial charge in [0, 0.05) is 82.5 Å². The summed E-state index contributed by atoms with van der Waals surface area (Å²) in [5.74, 6) is -2.72. The number of carboxylic acids is 2. The average Bonchev–Trinajstić information content (AvgIpc) is 4.17. The topological polar surface area (TPSA) is 187 Å². The number of fused-ring (bicyclic) bond motifs is 2. The van der Waals surface area contributed by atoms with E-state index in [0.29, 0.717) is 11.8 Å². The first-order valence-electron chi connectivity index (χ1n) is 20.7. The van der Waals surface area contributed by atoms with E-state index in [1.165, 1.54) is 24.3 Å². The van der Waals surface area contributed by atoms with Gasteiger partial charge in [0.1, 0.15) is 11.6 Å². The van der Waals surface area contributed by atoms with E-state index in [9.17, 15) is 49.0 Å². The second-order valence-electron chi connectivity index (χ2n) is 16.0. The molecule has 0 spiro atoms. The molecule has 6 aromatic rings. The molecular formula is C50H46CaF2N2O8. The van der Waals surface area contributed by atoms with E-state index in [1.54, 1.807) is 48.6 Å². The third-order valence-electron chi connectivity index (χ3n) is 10.9. The monoisotopic (exact) mass is 880 g/mol. The third kappa shape index (κ3) is 12.6. The molecule has 8 rings (SSSR count). The summed E-state index contributed by atoms with van der Waals surface area (Å²) >= 11 is 0. The van der Waals surface area contributed by atoms with E-state index >= 15 is 0 Å². The predicted octanol–water partition coefficient (Wildman–Crippen LogP) is 5.99. The van der Waals surface area contributed by atoms with Gasteiger partial charge in [-0.05, 0) is 73.2 Å². The number of pyridine rings is 2. The number of carbonyl (C=O) groups excluding carboxylic acids is 2. The molecule has 4 aromatic carbocycles. The van der Waals surface area contributed by atoms with Gasteiger partial charge in [-0.2, -0.15) is 0 Å². The van der Waals surface area contributed by atoms with Crippen LogP contribution in [-0.4, -0.2) is 104 Å². The van der Waals surface area contributed by atoms with Gasteiger partial charge in [0.05, 0.1) is 46.8 Å². The van der Waals surface area contributed by atoms with Crippen LogP contribution in [0.4, 0.5) is 8.78 Å². The number of aromatic nitrogens is 2. The third-order valence-corrected chi connectivity index (χ3v) is 10.9. The SMILES string of the molecule is O=C([O-])CC(O)CC(O)/C=C/c1c(C2CC2)nc2ccccc2c1-c1ccc(F)cc1.O=C([O-])C[C@H](O)C[C@H](O)/C=C/c1c(C2CC2)nc2ccccc2c1-c1ccc(F)cc1.[Ca+2]. The van der Waals surface area contributed by atoms with Gasteiger partial charge in [-0.3, -0.25) is 9.97 Å². The molecule has 0 bridgehead atoms. The van der Waals surface area contributed by atoms with Gasteiger partial charge in [0.15, 0.2) is 0 Å². The molecule has 10 nitrogen and oxygen atoms in total. The molecule has 2 aromatic heterocycles. The molecule has 2 aliphatic rings. The zero-order chi connectivity index (χ0) is 43.9. The van der Waals surface area contributed by atoms with Crippen LogP contribution in [0.2, 0.25) is 0 Å². The van der Waals surface area contributed by atoms with E-state index in [2.05, 4.69) is 0 Å². The molecule has 2 heterocycles. The molecule has 2 unspecified atom stereocenters. The molecule has 13 heteroatoms. The molecule has 0 amide bonds. The number of rotatable bonds is 16. The maximum Gasteiger partial charge on any atom is 2.00 e. The van der Waals surface area contributed by atoms with Crippen molar-refractivity contribution >= 4 is 83.6 Å². The van der Waals surface area contributed by atoms with Gasteiger partial charge in [-0.15, -0.1) is 0 Å². The van der Waals surface area contributed by atoms with Crippen LogP contribution < -0.4 is 10.2 Å². The number of carbonyl (C=O) groups is 2. The Balaban J connectivity index is 0.000000206. The molecule has 2 saturated carbocycles. The van der Waals surface area contributed by atoms with Crippen molar-refractivity contribution in [2.45, 2.75) is 87.6 Å². The van der Waals surface area contributed by atoms with Crippen molar-refractivity contribution in [1.82, 2.24) is 9.97 Å². The number of para-hydroxylation sites is 2. The fourth-order valence-corrected chi connectivity index (χ4v) is 7.70. The minimum Gasteiger partial charge on any atom is -0.550 e. The summed E-state index contributed by atoms with van der Waals surface area (Å²) in [4.78, 5) is 31.0. The summed E-state index contributed by atoms with van der Waals surface area (Å²) in [7, 11) is 0. The van der Waals surface area contributed by atoms with Crippen molar-refractivity contribution in [3.63, 3.8) is 0 Å². The summed E-state index contributed by atoms with van der Waals surface area (Å²) in [6.45, 7) is 0. The molecule has 0 radical (unpaired) electrons. The van der Waals surface area contributed by atoms with Crippen LogP contribution in [-0.2, 0) is 9.59 Å². The Morgan fingerprint density at radius 2 is 0.937 bits per heavy atom. The Morgan fingerprint density at radius 3 is 1.27 bits per heavy atom. The molecule has 4 N–H and O–H groups in total. The zero-order valence-electron chi connectivity index (χ0n) is 34.4. The summed E-state index contributed by atoms with van der Waals surface area (Å²) in [5.41, 5.74) is 8.76. The standard InChI is InChI=1S/2C25H24FNO4.Ca/c2*26-17-9-7-15(8-10-17)24-20-3-1-2-4-22(20)27-25(16-5-6-16)21(24)12-11-18(28)13-19(29)14-23(30)31;/h2*1-4,7-12,16,18-19,28-29H,5-6,13-14H2,(H,30,31);/q;;+2/p-2/b2*12-11+;/t18-,19-;;/m1../s1. The van der Waals surface area contributed by atoms with Crippen molar-refractivity contribution < 1.29 is 49.0 Å². The quantitative estimate of drug-likeness (QED) is 0.0843. The maximum absolute atomic E-state index is 13.6. The second-order valence-corrected chi connectivity index (χ2v) is 16.0. The van der Waals surface area contributed by atoms with Crippen LogP contribution in [0, 0.1) is 11.6 Å². The van der Waals surface area contributed by atoms with Gasteiger partial charge in [-0.25, -0.2) is 8.78 Å². The Hall–Kier alpha value is -4.92. The van der Waals surface area contributed by atoms with Crippen LogP contribution in [0.5, 0.6) is 0 Å². The van der Waals surface area contributed by atoms with Crippen LogP contribution in [0.25, 0.3) is 56.2 Å². The number of benzene rings is 4. The number of aliphatic carboxylic acids is 2. The number of hydrogen-bond donors (Lipinski definition) is 4. The van der Waals surface area contributed by atoms with Gasteiger partial charge in [0.25, 0.3) is 0 Å². The maximum atomic E-state index is 13.6. The Morgan fingerprint density at radius 1 is 0.587 bits per heavy atom. The van der Waals surface area contributed by atoms with Crippen LogP contribution in [0.1, 0.15) is 85.7 Å². The predicted molar refractivity (Wildman–Crippen MR) is 235 cm³/mol. The Kier molecular flexibility index (Phi) is 16.3. The van der Waals surface area contributed by atoms with Crippen molar-refractivity contribution in [2.24, 2.45) is 0 Å². The first-order chi connectivity index (χ1) is 29.8. The van der Waals surface area contributed by atoms with Crippen LogP contribution in [0.15, 0.2) is 109 Å². The smallest absolute Gasteiger partial charge is 0.550 e. The van der Waals surface area contributed by atoms with Gasteiger partial charge in [-0.1, -0.05) is 85.0 Å². The molecule has 320 valence electrons. The number of nitrogens with zero attached hydrogens (tertiary/aromatic N) is 2. The van der Waals surface area contributed by atoms with E-state index < -0.39 is 49.2 Å². The number of aliphatic hydroxyl groups is 4. The summed E-state index contributed by atoms with van der Waals surface area (Å²) in [6, 6.07) is 28.1. The minimum atomic E-state index is -1.36. The average molecular weight is 881 g/mol. The molecule has 0 aliphatic heterocycles. The summed E-state index contributed by atoms with van der Waals surface area (Å²) in [6.07, 6.45) is 5.02. The van der Waals surface area contributed by atoms with Crippen molar-refractivity contribution in [1.29, 1.82) is 0 Å². The van der Waals surface area contributed by atoms with Gasteiger partial charge in [0.2, 0.25) is 0 Å². The molecular weight excluding hydrogens is 835 g/mol. The number of halogens is 2. The zero-order valence-corrected chi connectivity index (χ0v) is 36.7. The largest absolute Gasteiger partial charge is 2.00 e. The number of aliphatic hydroxyl groups excluding tert-OH is 4. The van der Waals surface area contributed by atoms with Gasteiger partial charge < -0.3 is 40.2 Å². The first-order valence-corrected chi connectivity index (χ1v) is 20.7. The van der Waals surface area contributed by atoms with Crippen molar-refractivity contribution in [3.8, 4) is 22.3 Å². The molecule has 63 heavy (non-hydrogen) atoms. The van der Waals surface area contributed by atoms with Gasteiger partial charge >= 0.3 is 37.7 Å². The van der Waals surface area contributed by atoms with Crippen molar-refractivity contribution in [2.75, 3.05) is 0 Å². The van der Waals surface area contributed by atoms with Crippen LogP contribution >= 0.6 is 0 Å². The Bertz CT molecular complexity index is 2430. The molecule has 4 atom stereocenters. The normalized spacial score (nSPS) is 15.7.